The standard InChI is InChI=1S/C15H22NOS.HI/c1-15(2,3)13-12(11-9-7-6-8-10-11)18-14(17-13)16(4)5;/h6-10,12-13H,1-5H3;1H/q+1;/p-1. The van der Waals surface area contributed by atoms with E-state index in [4.69, 9.17) is 4.74 Å². The molecule has 1 fully saturated rings. The van der Waals surface area contributed by atoms with Crippen LogP contribution in [0.25, 0.3) is 0 Å². The maximum absolute atomic E-state index is 6.16. The van der Waals surface area contributed by atoms with E-state index in [1.54, 1.807) is 0 Å². The van der Waals surface area contributed by atoms with Gasteiger partial charge in [-0.2, -0.15) is 4.58 Å². The summed E-state index contributed by atoms with van der Waals surface area (Å²) in [6, 6.07) is 10.6. The highest BCUT2D eigenvalue weighted by Gasteiger charge is 2.45. The Balaban J connectivity index is 0.00000180. The summed E-state index contributed by atoms with van der Waals surface area (Å²) in [5, 5.41) is 1.40. The Bertz CT molecular complexity index is 449. The summed E-state index contributed by atoms with van der Waals surface area (Å²) in [7, 11) is 4.07. The summed E-state index contributed by atoms with van der Waals surface area (Å²) in [6.07, 6.45) is 0.210. The summed E-state index contributed by atoms with van der Waals surface area (Å²) in [6.45, 7) is 6.73. The lowest BCUT2D eigenvalue weighted by Crippen LogP contribution is -3.00. The van der Waals surface area contributed by atoms with Crippen LogP contribution in [0, 0.1) is 5.41 Å². The predicted molar refractivity (Wildman–Crippen MR) is 78.2 cm³/mol. The third kappa shape index (κ3) is 3.88. The maximum atomic E-state index is 6.16. The van der Waals surface area contributed by atoms with Crippen LogP contribution in [0.2, 0.25) is 0 Å². The second-order valence-electron chi connectivity index (χ2n) is 6.01. The molecule has 1 aromatic rings. The van der Waals surface area contributed by atoms with Crippen LogP contribution in [0.15, 0.2) is 30.3 Å². The first kappa shape index (κ1) is 16.8. The summed E-state index contributed by atoms with van der Waals surface area (Å²) in [5.74, 6) is 0. The van der Waals surface area contributed by atoms with E-state index in [0.29, 0.717) is 5.25 Å². The van der Waals surface area contributed by atoms with E-state index >= 15 is 0 Å². The quantitative estimate of drug-likeness (QED) is 0.512. The predicted octanol–water partition coefficient (Wildman–Crippen LogP) is 0.538. The van der Waals surface area contributed by atoms with Crippen molar-refractivity contribution in [3.05, 3.63) is 35.9 Å². The van der Waals surface area contributed by atoms with E-state index in [0.717, 1.165) is 5.23 Å². The van der Waals surface area contributed by atoms with E-state index in [1.165, 1.54) is 5.56 Å². The van der Waals surface area contributed by atoms with Crippen molar-refractivity contribution in [2.24, 2.45) is 5.41 Å². The first-order chi connectivity index (χ1) is 8.39. The van der Waals surface area contributed by atoms with Gasteiger partial charge in [0.2, 0.25) is 0 Å². The van der Waals surface area contributed by atoms with E-state index in [2.05, 4.69) is 55.7 Å². The molecule has 0 amide bonds. The van der Waals surface area contributed by atoms with E-state index in [-0.39, 0.29) is 35.5 Å². The summed E-state index contributed by atoms with van der Waals surface area (Å²) in [4.78, 5) is 0. The van der Waals surface area contributed by atoms with Gasteiger partial charge in [-0.3, -0.25) is 0 Å². The van der Waals surface area contributed by atoms with Gasteiger partial charge in [-0.05, 0) is 17.3 Å². The molecule has 2 unspecified atom stereocenters. The molecule has 1 aromatic carbocycles. The van der Waals surface area contributed by atoms with Crippen molar-refractivity contribution in [3.8, 4) is 0 Å². The number of ether oxygens (including phenoxy) is 1. The van der Waals surface area contributed by atoms with Gasteiger partial charge in [-0.1, -0.05) is 51.1 Å². The van der Waals surface area contributed by atoms with Gasteiger partial charge in [-0.15, -0.1) is 0 Å². The highest BCUT2D eigenvalue weighted by molar-refractivity contribution is 8.13. The molecule has 0 spiro atoms. The lowest BCUT2D eigenvalue weighted by Gasteiger charge is -2.29. The highest BCUT2D eigenvalue weighted by atomic mass is 127. The fourth-order valence-corrected chi connectivity index (χ4v) is 3.56. The average Bonchev–Trinajstić information content (AvgIpc) is 2.74. The second kappa shape index (κ2) is 6.48. The third-order valence-corrected chi connectivity index (χ3v) is 4.51. The Morgan fingerprint density at radius 3 is 2.16 bits per heavy atom. The molecule has 0 saturated carbocycles. The van der Waals surface area contributed by atoms with Gasteiger partial charge in [-0.25, -0.2) is 0 Å². The zero-order chi connectivity index (χ0) is 13.3. The van der Waals surface area contributed by atoms with Gasteiger partial charge in [0.05, 0.1) is 5.25 Å². The van der Waals surface area contributed by atoms with Crippen LogP contribution in [0.5, 0.6) is 0 Å². The van der Waals surface area contributed by atoms with Crippen LogP contribution in [-0.2, 0) is 4.74 Å². The van der Waals surface area contributed by atoms with Crippen LogP contribution in [0.3, 0.4) is 0 Å². The number of thioether (sulfide) groups is 1. The lowest BCUT2D eigenvalue weighted by molar-refractivity contribution is -0.471. The van der Waals surface area contributed by atoms with Crippen molar-refractivity contribution in [2.45, 2.75) is 32.1 Å². The molecular formula is C15H22INOS. The van der Waals surface area contributed by atoms with Crippen LogP contribution in [0.1, 0.15) is 31.6 Å². The number of benzene rings is 1. The molecule has 0 aliphatic carbocycles. The summed E-state index contributed by atoms with van der Waals surface area (Å²) < 4.78 is 8.22. The molecule has 1 aliphatic heterocycles. The molecule has 106 valence electrons. The molecule has 0 radical (unpaired) electrons. The van der Waals surface area contributed by atoms with Gasteiger partial charge in [0.25, 0.3) is 0 Å². The molecule has 0 aromatic heterocycles. The van der Waals surface area contributed by atoms with Crippen molar-refractivity contribution in [1.29, 1.82) is 0 Å². The smallest absolute Gasteiger partial charge is 0.401 e. The summed E-state index contributed by atoms with van der Waals surface area (Å²) in [5.41, 5.74) is 1.48. The molecular weight excluding hydrogens is 369 g/mol. The van der Waals surface area contributed by atoms with E-state index < -0.39 is 0 Å². The van der Waals surface area contributed by atoms with Crippen molar-refractivity contribution < 1.29 is 33.3 Å². The first-order valence-corrected chi connectivity index (χ1v) is 7.20. The van der Waals surface area contributed by atoms with Crippen LogP contribution < -0.4 is 24.0 Å². The SMILES string of the molecule is C[N+](C)=C1OC(C(C)(C)C)C(c2ccccc2)S1.[I-]. The van der Waals surface area contributed by atoms with Crippen LogP contribution in [0.4, 0.5) is 0 Å². The molecule has 1 aliphatic rings. The Kier molecular flexibility index (Phi) is 5.74. The highest BCUT2D eigenvalue weighted by Crippen LogP contribution is 2.47. The first-order valence-electron chi connectivity index (χ1n) is 6.32. The van der Waals surface area contributed by atoms with Crippen molar-refractivity contribution in [3.63, 3.8) is 0 Å². The van der Waals surface area contributed by atoms with Gasteiger partial charge in [0.1, 0.15) is 20.2 Å². The zero-order valence-corrected chi connectivity index (χ0v) is 15.2. The topological polar surface area (TPSA) is 12.2 Å². The molecule has 0 bridgehead atoms. The molecule has 2 atom stereocenters. The average molecular weight is 391 g/mol. The minimum absolute atomic E-state index is 0. The number of rotatable bonds is 1. The molecule has 2 rings (SSSR count). The molecule has 19 heavy (non-hydrogen) atoms. The van der Waals surface area contributed by atoms with Crippen molar-refractivity contribution in [2.75, 3.05) is 14.1 Å². The maximum Gasteiger partial charge on any atom is 0.401 e. The fraction of sp³-hybridized carbons (Fsp3) is 0.533. The van der Waals surface area contributed by atoms with Crippen LogP contribution >= 0.6 is 11.8 Å². The monoisotopic (exact) mass is 391 g/mol. The summed E-state index contributed by atoms with van der Waals surface area (Å²) >= 11 is 1.83. The Hall–Kier alpha value is -0.230. The number of hydrogen-bond acceptors (Lipinski definition) is 2. The van der Waals surface area contributed by atoms with Crippen molar-refractivity contribution >= 4 is 17.0 Å². The van der Waals surface area contributed by atoms with Crippen LogP contribution in [-0.4, -0.2) is 30.0 Å². The number of nitrogens with zero attached hydrogens (tertiary/aromatic N) is 1. The van der Waals surface area contributed by atoms with Gasteiger partial charge >= 0.3 is 5.23 Å². The third-order valence-electron chi connectivity index (χ3n) is 3.08. The van der Waals surface area contributed by atoms with E-state index in [1.807, 2.05) is 25.9 Å². The largest absolute Gasteiger partial charge is 1.00 e. The van der Waals surface area contributed by atoms with Gasteiger partial charge < -0.3 is 28.7 Å². The Labute approximate surface area is 137 Å². The van der Waals surface area contributed by atoms with Gasteiger partial charge in [0.15, 0.2) is 0 Å². The Morgan fingerprint density at radius 2 is 1.68 bits per heavy atom. The minimum Gasteiger partial charge on any atom is -1.00 e. The molecule has 4 heteroatoms. The van der Waals surface area contributed by atoms with E-state index in [9.17, 15) is 0 Å². The molecule has 1 heterocycles. The molecule has 2 nitrogen and oxygen atoms in total. The number of halogens is 1. The Morgan fingerprint density at radius 1 is 1.11 bits per heavy atom. The second-order valence-corrected chi connectivity index (χ2v) is 7.11. The van der Waals surface area contributed by atoms with Crippen molar-refractivity contribution in [1.82, 2.24) is 0 Å². The normalized spacial score (nSPS) is 22.7. The lowest BCUT2D eigenvalue weighted by atomic mass is 9.85. The fourth-order valence-electron chi connectivity index (χ4n) is 2.10. The zero-order valence-electron chi connectivity index (χ0n) is 12.2. The molecule has 0 N–H and O–H groups in total. The van der Waals surface area contributed by atoms with Gasteiger partial charge in [0, 0.05) is 5.41 Å². The number of hydrogen-bond donors (Lipinski definition) is 0. The molecule has 1 saturated heterocycles. The minimum atomic E-state index is 0.